The summed E-state index contributed by atoms with van der Waals surface area (Å²) in [4.78, 5) is 62.4. The first-order valence-electron chi connectivity index (χ1n) is 27.3. The number of nitrogen functional groups attached to an aromatic ring is 2. The van der Waals surface area contributed by atoms with Crippen LogP contribution in [0, 0.1) is 20.8 Å². The van der Waals surface area contributed by atoms with Gasteiger partial charge in [0.25, 0.3) is 11.8 Å². The van der Waals surface area contributed by atoms with E-state index >= 15 is 0 Å². The predicted molar refractivity (Wildman–Crippen MR) is 324 cm³/mol. The smallest absolute Gasteiger partial charge is 0.338 e. The first-order valence-corrected chi connectivity index (χ1v) is 27.3. The molecule has 0 saturated carbocycles. The van der Waals surface area contributed by atoms with Crippen LogP contribution in [0.1, 0.15) is 93.2 Å². The van der Waals surface area contributed by atoms with E-state index < -0.39 is 11.9 Å². The van der Waals surface area contributed by atoms with E-state index in [-0.39, 0.29) is 25.0 Å². The average Bonchev–Trinajstić information content (AvgIpc) is 3.50. The van der Waals surface area contributed by atoms with Crippen molar-refractivity contribution in [1.82, 2.24) is 15.6 Å². The number of nitrogens with zero attached hydrogens (tertiary/aromatic N) is 3. The van der Waals surface area contributed by atoms with Crippen molar-refractivity contribution in [2.45, 2.75) is 66.2 Å². The van der Waals surface area contributed by atoms with E-state index in [9.17, 15) is 19.2 Å². The number of aliphatic imine (C=N–C) groups is 1. The number of para-hydroxylation sites is 2. The van der Waals surface area contributed by atoms with E-state index in [1.807, 2.05) is 155 Å². The van der Waals surface area contributed by atoms with Gasteiger partial charge in [-0.1, -0.05) is 67.2 Å². The van der Waals surface area contributed by atoms with Crippen molar-refractivity contribution in [2.75, 3.05) is 43.1 Å². The number of hydrogen-bond acceptors (Lipinski definition) is 11. The number of ether oxygens (including phenoxy) is 2. The summed E-state index contributed by atoms with van der Waals surface area (Å²) in [5.41, 5.74) is 28.8. The van der Waals surface area contributed by atoms with Crippen LogP contribution in [0.4, 0.5) is 28.4 Å². The molecule has 0 aliphatic heterocycles. The summed E-state index contributed by atoms with van der Waals surface area (Å²) < 4.78 is 13.5. The Morgan fingerprint density at radius 3 is 1.72 bits per heavy atom. The van der Waals surface area contributed by atoms with Crippen molar-refractivity contribution >= 4 is 80.0 Å². The molecule has 410 valence electrons. The summed E-state index contributed by atoms with van der Waals surface area (Å²) >= 11 is 0. The van der Waals surface area contributed by atoms with Gasteiger partial charge in [0.1, 0.15) is 11.0 Å². The van der Waals surface area contributed by atoms with E-state index in [0.29, 0.717) is 76.5 Å². The molecule has 0 saturated heterocycles. The van der Waals surface area contributed by atoms with Gasteiger partial charge < -0.3 is 36.9 Å². The number of aryl methyl sites for hydroxylation is 3. The molecule has 14 nitrogen and oxygen atoms in total. The number of carbonyl (C=O) groups excluding carboxylic acids is 4. The molecule has 81 heavy (non-hydrogen) atoms. The number of carbonyl (C=O) groups is 4. The number of esters is 2. The maximum Gasteiger partial charge on any atom is 0.338 e. The molecule has 14 heteroatoms. The van der Waals surface area contributed by atoms with Crippen molar-refractivity contribution in [3.63, 3.8) is 0 Å². The molecule has 1 aliphatic carbocycles. The summed E-state index contributed by atoms with van der Waals surface area (Å²) in [5.74, 6) is -1.16. The highest BCUT2D eigenvalue weighted by Crippen LogP contribution is 2.35. The topological polar surface area (TPSA) is 204 Å². The highest BCUT2D eigenvalue weighted by molar-refractivity contribution is 6.16. The normalized spacial score (nSPS) is 12.7. The molecule has 0 fully saturated rings. The Morgan fingerprint density at radius 2 is 1.11 bits per heavy atom. The lowest BCUT2D eigenvalue weighted by Gasteiger charge is -2.17. The summed E-state index contributed by atoms with van der Waals surface area (Å²) in [6.07, 6.45) is 7.82. The number of unbranched alkanes of at least 4 members (excludes halogenated alkanes) is 4. The molecule has 8 aromatic rings. The summed E-state index contributed by atoms with van der Waals surface area (Å²) in [6.45, 7) is 13.3. The van der Waals surface area contributed by atoms with E-state index in [1.54, 1.807) is 30.3 Å². The third kappa shape index (κ3) is 13.8. The minimum Gasteiger partial charge on any atom is -0.462 e. The molecule has 7 N–H and O–H groups in total. The van der Waals surface area contributed by atoms with Crippen LogP contribution in [0.25, 0.3) is 38.9 Å². The number of amides is 2. The molecule has 0 atom stereocenters. The Kier molecular flexibility index (Phi) is 17.9. The third-order valence-corrected chi connectivity index (χ3v) is 14.3. The fourth-order valence-electron chi connectivity index (χ4n) is 9.55. The standard InChI is InChI=1S/C67H66N8O6/c1-42-35-57(73-58-37-44(3)55(68)40-59(58)72-51-18-10-6-11-19-51)46(5)34-53(42)66(78)80-32-16-8-14-30-70-64(76)49-26-22-47(23-27-49)48-24-28-50(29-25-48)65(77)71-31-15-9-17-33-81-67(79)54-39-62-60(36-43(54)2)74-61-38-45(4)56(69)41-63(61)75(62)52-20-12-7-13-21-52/h6-7,10-13,18-29,34-41,69,72H,5,8-9,14-17,30-33,68H2,1-4H3,(H2,70,71,76,77)/p+1. The van der Waals surface area contributed by atoms with Gasteiger partial charge in [-0.05, 0) is 178 Å². The maximum absolute atomic E-state index is 13.4. The SMILES string of the molecule is C=C1C=C(C(=O)OCCCCCNC(=O)c2ccc(-c3ccc(C(=O)NCCCCCOC(=O)c4cc5c(cc4C)nc4cc(C)c(N)cc4[n+]5-c4ccccc4)cc3)cc2)C(C)=CC1=Nc1cc(C)c(N)cc1Nc1ccccc1. The first kappa shape index (κ1) is 56.0. The van der Waals surface area contributed by atoms with E-state index in [4.69, 9.17) is 30.9 Å². The molecule has 2 amide bonds. The van der Waals surface area contributed by atoms with Crippen molar-refractivity contribution in [3.05, 3.63) is 214 Å². The molecular weight excluding hydrogens is 1010 g/mol. The minimum atomic E-state index is -0.420. The Morgan fingerprint density at radius 1 is 0.580 bits per heavy atom. The largest absolute Gasteiger partial charge is 0.462 e. The molecule has 1 aliphatic rings. The van der Waals surface area contributed by atoms with E-state index in [2.05, 4.69) is 27.1 Å². The molecule has 0 spiro atoms. The molecule has 9 rings (SSSR count). The zero-order valence-corrected chi connectivity index (χ0v) is 46.2. The highest BCUT2D eigenvalue weighted by atomic mass is 16.5. The van der Waals surface area contributed by atoms with Gasteiger partial charge >= 0.3 is 11.9 Å². The number of allylic oxidation sites excluding steroid dienone is 3. The Labute approximate surface area is 472 Å². The molecule has 0 bridgehead atoms. The monoisotopic (exact) mass is 1080 g/mol. The number of aromatic nitrogens is 2. The van der Waals surface area contributed by atoms with Crippen LogP contribution in [0.15, 0.2) is 186 Å². The van der Waals surface area contributed by atoms with Crippen LogP contribution in [0.5, 0.6) is 0 Å². The van der Waals surface area contributed by atoms with Crippen molar-refractivity contribution < 1.29 is 33.2 Å². The number of benzene rings is 7. The lowest BCUT2D eigenvalue weighted by molar-refractivity contribution is -0.538. The van der Waals surface area contributed by atoms with Gasteiger partial charge in [-0.15, -0.1) is 4.57 Å². The van der Waals surface area contributed by atoms with E-state index in [0.717, 1.165) is 98.2 Å². The van der Waals surface area contributed by atoms with Gasteiger partial charge in [-0.2, -0.15) is 0 Å². The van der Waals surface area contributed by atoms with Crippen LogP contribution < -0.4 is 32.0 Å². The molecule has 1 aromatic heterocycles. The van der Waals surface area contributed by atoms with Crippen molar-refractivity contribution in [1.29, 1.82) is 0 Å². The first-order chi connectivity index (χ1) is 39.2. The number of hydrogen-bond donors (Lipinski definition) is 5. The van der Waals surface area contributed by atoms with Gasteiger partial charge in [-0.3, -0.25) is 9.59 Å². The number of nitrogens with two attached hydrogens (primary N) is 2. The molecule has 0 radical (unpaired) electrons. The number of rotatable bonds is 21. The second-order valence-electron chi connectivity index (χ2n) is 20.3. The highest BCUT2D eigenvalue weighted by Gasteiger charge is 2.25. The van der Waals surface area contributed by atoms with Gasteiger partial charge in [0.2, 0.25) is 16.7 Å². The van der Waals surface area contributed by atoms with Crippen LogP contribution in [-0.4, -0.2) is 60.8 Å². The maximum atomic E-state index is 13.4. The van der Waals surface area contributed by atoms with Gasteiger partial charge in [0.05, 0.1) is 41.4 Å². The second kappa shape index (κ2) is 25.8. The Hall–Kier alpha value is -9.69. The molecule has 0 unspecified atom stereocenters. The van der Waals surface area contributed by atoms with Gasteiger partial charge in [-0.25, -0.2) is 19.6 Å². The number of anilines is 4. The minimum absolute atomic E-state index is 0.171. The molecule has 7 aromatic carbocycles. The van der Waals surface area contributed by atoms with Crippen LogP contribution in [0.2, 0.25) is 0 Å². The fraction of sp³-hybridized carbons (Fsp3) is 0.209. The number of fused-ring (bicyclic) bond motifs is 2. The van der Waals surface area contributed by atoms with Crippen molar-refractivity contribution in [3.8, 4) is 16.8 Å². The third-order valence-electron chi connectivity index (χ3n) is 14.3. The quantitative estimate of drug-likeness (QED) is 0.0151. The zero-order chi connectivity index (χ0) is 57.0. The molecular formula is C67H67N8O6+. The van der Waals surface area contributed by atoms with Gasteiger partial charge in [0, 0.05) is 65.5 Å². The predicted octanol–water partition coefficient (Wildman–Crippen LogP) is 12.6. The molecule has 1 heterocycles. The number of nitrogens with one attached hydrogen (secondary N) is 3. The van der Waals surface area contributed by atoms with Gasteiger partial charge in [0.15, 0.2) is 0 Å². The zero-order valence-electron chi connectivity index (χ0n) is 46.2. The Balaban J connectivity index is 0.659. The van der Waals surface area contributed by atoms with Crippen molar-refractivity contribution in [2.24, 2.45) is 4.99 Å². The van der Waals surface area contributed by atoms with Crippen LogP contribution in [-0.2, 0) is 14.3 Å². The van der Waals surface area contributed by atoms with Crippen LogP contribution in [0.3, 0.4) is 0 Å². The summed E-state index contributed by atoms with van der Waals surface area (Å²) in [6, 6.07) is 45.9. The fourth-order valence-corrected chi connectivity index (χ4v) is 9.55. The summed E-state index contributed by atoms with van der Waals surface area (Å²) in [7, 11) is 0. The lowest BCUT2D eigenvalue weighted by atomic mass is 9.94. The van der Waals surface area contributed by atoms with E-state index in [1.165, 1.54) is 0 Å². The average molecular weight is 1080 g/mol. The Bertz CT molecular complexity index is 3780. The second-order valence-corrected chi connectivity index (χ2v) is 20.3. The lowest BCUT2D eigenvalue weighted by Crippen LogP contribution is -2.33. The van der Waals surface area contributed by atoms with Crippen LogP contribution >= 0.6 is 0 Å². The summed E-state index contributed by atoms with van der Waals surface area (Å²) in [5, 5.41) is 9.37.